The molecule has 3 unspecified atom stereocenters. The molecular weight excluding hydrogens is 148 g/mol. The smallest absolute Gasteiger partial charge is 0.0579 e. The van der Waals surface area contributed by atoms with E-state index < -0.39 is 0 Å². The van der Waals surface area contributed by atoms with Gasteiger partial charge in [0.15, 0.2) is 0 Å². The highest BCUT2D eigenvalue weighted by Gasteiger charge is 2.28. The third-order valence-corrected chi connectivity index (χ3v) is 2.40. The van der Waals surface area contributed by atoms with Crippen LogP contribution in [-0.2, 0) is 4.74 Å². The first-order valence-corrected chi connectivity index (χ1v) is 5.39. The van der Waals surface area contributed by atoms with E-state index in [0.717, 1.165) is 5.92 Å². The second-order valence-corrected chi connectivity index (χ2v) is 3.44. The quantitative estimate of drug-likeness (QED) is 0.618. The van der Waals surface area contributed by atoms with Crippen LogP contribution in [-0.4, -0.2) is 12.2 Å². The molecule has 3 atom stereocenters. The topological polar surface area (TPSA) is 9.23 Å². The van der Waals surface area contributed by atoms with Crippen molar-refractivity contribution in [2.24, 2.45) is 5.92 Å². The Morgan fingerprint density at radius 3 is 2.17 bits per heavy atom. The molecule has 1 nitrogen and oxygen atoms in total. The fourth-order valence-corrected chi connectivity index (χ4v) is 1.87. The first-order chi connectivity index (χ1) is 5.74. The molecule has 1 aliphatic rings. The van der Waals surface area contributed by atoms with Crippen LogP contribution in [0.15, 0.2) is 0 Å². The molecule has 74 valence electrons. The molecule has 0 aliphatic carbocycles. The van der Waals surface area contributed by atoms with Gasteiger partial charge in [0.25, 0.3) is 0 Å². The maximum absolute atomic E-state index is 5.63. The molecule has 0 spiro atoms. The van der Waals surface area contributed by atoms with Gasteiger partial charge in [0.1, 0.15) is 0 Å². The molecule has 0 bridgehead atoms. The molecule has 1 saturated heterocycles. The summed E-state index contributed by atoms with van der Waals surface area (Å²) < 4.78 is 5.63. The van der Waals surface area contributed by atoms with Gasteiger partial charge in [-0.25, -0.2) is 0 Å². The van der Waals surface area contributed by atoms with Gasteiger partial charge < -0.3 is 4.74 Å². The lowest BCUT2D eigenvalue weighted by Crippen LogP contribution is -2.10. The van der Waals surface area contributed by atoms with Crippen molar-refractivity contribution in [2.75, 3.05) is 0 Å². The van der Waals surface area contributed by atoms with Crippen molar-refractivity contribution in [2.45, 2.75) is 66.1 Å². The summed E-state index contributed by atoms with van der Waals surface area (Å²) in [6.07, 6.45) is 4.92. The Labute approximate surface area is 77.5 Å². The molecule has 1 rings (SSSR count). The predicted molar refractivity (Wildman–Crippen MR) is 54.4 cm³/mol. The van der Waals surface area contributed by atoms with E-state index in [1.807, 2.05) is 13.8 Å². The minimum absolute atomic E-state index is 0.506. The van der Waals surface area contributed by atoms with E-state index in [1.54, 1.807) is 0 Å². The van der Waals surface area contributed by atoms with E-state index in [-0.39, 0.29) is 0 Å². The number of rotatable bonds is 2. The molecule has 0 saturated carbocycles. The van der Waals surface area contributed by atoms with Crippen LogP contribution in [0.5, 0.6) is 0 Å². The van der Waals surface area contributed by atoms with Gasteiger partial charge in [-0.15, -0.1) is 0 Å². The van der Waals surface area contributed by atoms with Crippen LogP contribution in [0.3, 0.4) is 0 Å². The SMILES string of the molecule is CC.CCCC1CC(C)OC1C. The van der Waals surface area contributed by atoms with Crippen LogP contribution >= 0.6 is 0 Å². The largest absolute Gasteiger partial charge is 0.375 e. The van der Waals surface area contributed by atoms with Crippen LogP contribution in [0.1, 0.15) is 53.9 Å². The van der Waals surface area contributed by atoms with Crippen molar-refractivity contribution in [1.82, 2.24) is 0 Å². The second-order valence-electron chi connectivity index (χ2n) is 3.44. The molecule has 1 aliphatic heterocycles. The minimum Gasteiger partial charge on any atom is -0.375 e. The van der Waals surface area contributed by atoms with Crippen LogP contribution in [0, 0.1) is 5.92 Å². The summed E-state index contributed by atoms with van der Waals surface area (Å²) >= 11 is 0. The maximum atomic E-state index is 5.63. The zero-order chi connectivity index (χ0) is 9.56. The van der Waals surface area contributed by atoms with Crippen molar-refractivity contribution in [3.8, 4) is 0 Å². The van der Waals surface area contributed by atoms with Crippen LogP contribution < -0.4 is 0 Å². The molecule has 1 heterocycles. The third-order valence-electron chi connectivity index (χ3n) is 2.40. The second kappa shape index (κ2) is 6.47. The van der Waals surface area contributed by atoms with Crippen molar-refractivity contribution < 1.29 is 4.74 Å². The van der Waals surface area contributed by atoms with Gasteiger partial charge in [-0.1, -0.05) is 27.2 Å². The Bertz CT molecular complexity index is 101. The molecule has 1 fully saturated rings. The highest BCUT2D eigenvalue weighted by atomic mass is 16.5. The Kier molecular flexibility index (Phi) is 6.45. The van der Waals surface area contributed by atoms with E-state index >= 15 is 0 Å². The highest BCUT2D eigenvalue weighted by molar-refractivity contribution is 4.76. The van der Waals surface area contributed by atoms with Crippen LogP contribution in [0.25, 0.3) is 0 Å². The van der Waals surface area contributed by atoms with Crippen LogP contribution in [0.4, 0.5) is 0 Å². The van der Waals surface area contributed by atoms with Gasteiger partial charge in [-0.3, -0.25) is 0 Å². The van der Waals surface area contributed by atoms with Crippen LogP contribution in [0.2, 0.25) is 0 Å². The summed E-state index contributed by atoms with van der Waals surface area (Å²) in [4.78, 5) is 0. The van der Waals surface area contributed by atoms with Gasteiger partial charge in [0.05, 0.1) is 12.2 Å². The van der Waals surface area contributed by atoms with Gasteiger partial charge in [0.2, 0.25) is 0 Å². The van der Waals surface area contributed by atoms with E-state index in [9.17, 15) is 0 Å². The zero-order valence-electron chi connectivity index (χ0n) is 9.26. The van der Waals surface area contributed by atoms with Gasteiger partial charge in [-0.05, 0) is 32.6 Å². The van der Waals surface area contributed by atoms with E-state index in [2.05, 4.69) is 20.8 Å². The summed E-state index contributed by atoms with van der Waals surface area (Å²) in [5.41, 5.74) is 0. The molecule has 1 heteroatoms. The Hall–Kier alpha value is -0.0400. The molecule has 0 radical (unpaired) electrons. The number of ether oxygens (including phenoxy) is 1. The Balaban J connectivity index is 0.000000561. The normalized spacial score (nSPS) is 34.2. The minimum atomic E-state index is 0.506. The summed E-state index contributed by atoms with van der Waals surface area (Å²) in [7, 11) is 0. The predicted octanol–water partition coefficient (Wildman–Crippen LogP) is 3.63. The monoisotopic (exact) mass is 172 g/mol. The molecule has 12 heavy (non-hydrogen) atoms. The lowest BCUT2D eigenvalue weighted by Gasteiger charge is -2.11. The average molecular weight is 172 g/mol. The summed E-state index contributed by atoms with van der Waals surface area (Å²) in [6.45, 7) is 10.6. The van der Waals surface area contributed by atoms with Crippen molar-refractivity contribution in [3.05, 3.63) is 0 Å². The van der Waals surface area contributed by atoms with Crippen molar-refractivity contribution >= 4 is 0 Å². The molecule has 0 amide bonds. The fraction of sp³-hybridized carbons (Fsp3) is 1.00. The first-order valence-electron chi connectivity index (χ1n) is 5.39. The molecule has 0 aromatic carbocycles. The number of hydrogen-bond acceptors (Lipinski definition) is 1. The van der Waals surface area contributed by atoms with E-state index in [4.69, 9.17) is 4.74 Å². The zero-order valence-corrected chi connectivity index (χ0v) is 9.26. The lowest BCUT2D eigenvalue weighted by molar-refractivity contribution is 0.0549. The first kappa shape index (κ1) is 12.0. The third kappa shape index (κ3) is 3.57. The lowest BCUT2D eigenvalue weighted by atomic mass is 9.96. The summed E-state index contributed by atoms with van der Waals surface area (Å²) in [5.74, 6) is 0.833. The standard InChI is InChI=1S/C9H18O.C2H6/c1-4-5-9-6-7(2)10-8(9)3;1-2/h7-9H,4-6H2,1-3H3;1-2H3. The Morgan fingerprint density at radius 2 is 1.83 bits per heavy atom. The molecular formula is C11H24O. The molecule has 0 N–H and O–H groups in total. The van der Waals surface area contributed by atoms with E-state index in [1.165, 1.54) is 19.3 Å². The number of hydrogen-bond donors (Lipinski definition) is 0. The highest BCUT2D eigenvalue weighted by Crippen LogP contribution is 2.29. The fourth-order valence-electron chi connectivity index (χ4n) is 1.87. The molecule has 0 aromatic heterocycles. The average Bonchev–Trinajstić information content (AvgIpc) is 2.35. The van der Waals surface area contributed by atoms with Gasteiger partial charge >= 0.3 is 0 Å². The van der Waals surface area contributed by atoms with Gasteiger partial charge in [-0.2, -0.15) is 0 Å². The van der Waals surface area contributed by atoms with Crippen molar-refractivity contribution in [1.29, 1.82) is 0 Å². The summed E-state index contributed by atoms with van der Waals surface area (Å²) in [5, 5.41) is 0. The summed E-state index contributed by atoms with van der Waals surface area (Å²) in [6, 6.07) is 0. The Morgan fingerprint density at radius 1 is 1.25 bits per heavy atom. The van der Waals surface area contributed by atoms with E-state index in [0.29, 0.717) is 12.2 Å². The molecule has 0 aromatic rings. The van der Waals surface area contributed by atoms with Crippen molar-refractivity contribution in [3.63, 3.8) is 0 Å². The maximum Gasteiger partial charge on any atom is 0.0579 e. The van der Waals surface area contributed by atoms with Gasteiger partial charge in [0, 0.05) is 0 Å².